The van der Waals surface area contributed by atoms with Crippen molar-refractivity contribution in [1.82, 2.24) is 4.98 Å². The summed E-state index contributed by atoms with van der Waals surface area (Å²) in [4.78, 5) is 16.0. The van der Waals surface area contributed by atoms with E-state index in [4.69, 9.17) is 9.47 Å². The zero-order valence-electron chi connectivity index (χ0n) is 17.5. The van der Waals surface area contributed by atoms with Gasteiger partial charge in [-0.3, -0.25) is 0 Å². The molecule has 0 unspecified atom stereocenters. The number of nitrogens with zero attached hydrogens (tertiary/aromatic N) is 1. The van der Waals surface area contributed by atoms with Gasteiger partial charge in [-0.2, -0.15) is 0 Å². The van der Waals surface area contributed by atoms with Crippen LogP contribution in [0.5, 0.6) is 11.5 Å². The number of hydrogen-bond acceptors (Lipinski definition) is 4. The molecule has 0 fully saturated rings. The average Bonchev–Trinajstić information content (AvgIpc) is 2.76. The number of carboxylic acid groups (broad SMARTS) is 1. The lowest BCUT2D eigenvalue weighted by molar-refractivity contribution is 0.0695. The van der Waals surface area contributed by atoms with Crippen LogP contribution in [-0.4, -0.2) is 16.1 Å². The largest absolute Gasteiger partial charge is 0.489 e. The third-order valence-electron chi connectivity index (χ3n) is 5.07. The number of fused-ring (bicyclic) bond motifs is 1. The number of aromatic carboxylic acids is 1. The Labute approximate surface area is 180 Å². The van der Waals surface area contributed by atoms with Crippen LogP contribution >= 0.6 is 0 Å². The van der Waals surface area contributed by atoms with Crippen molar-refractivity contribution in [3.05, 3.63) is 101 Å². The molecule has 5 nitrogen and oxygen atoms in total. The van der Waals surface area contributed by atoms with E-state index >= 15 is 0 Å². The normalized spacial score (nSPS) is 10.8. The van der Waals surface area contributed by atoms with E-state index in [0.717, 1.165) is 27.9 Å². The van der Waals surface area contributed by atoms with Crippen molar-refractivity contribution in [2.75, 3.05) is 0 Å². The van der Waals surface area contributed by atoms with E-state index in [1.807, 2.05) is 60.7 Å². The van der Waals surface area contributed by atoms with Crippen LogP contribution in [0, 0.1) is 13.8 Å². The van der Waals surface area contributed by atoms with Gasteiger partial charge in [0, 0.05) is 5.39 Å². The van der Waals surface area contributed by atoms with Gasteiger partial charge in [-0.05, 0) is 66.9 Å². The van der Waals surface area contributed by atoms with Gasteiger partial charge in [0.1, 0.15) is 24.7 Å². The van der Waals surface area contributed by atoms with Gasteiger partial charge in [0.05, 0.1) is 16.8 Å². The van der Waals surface area contributed by atoms with E-state index < -0.39 is 5.97 Å². The predicted molar refractivity (Wildman–Crippen MR) is 120 cm³/mol. The lowest BCUT2D eigenvalue weighted by Crippen LogP contribution is -2.04. The highest BCUT2D eigenvalue weighted by molar-refractivity contribution is 5.91. The second-order valence-corrected chi connectivity index (χ2v) is 7.46. The molecule has 1 aromatic heterocycles. The summed E-state index contributed by atoms with van der Waals surface area (Å²) in [6.45, 7) is 4.29. The Bertz CT molecular complexity index is 1230. The maximum atomic E-state index is 11.3. The third kappa shape index (κ3) is 4.83. The van der Waals surface area contributed by atoms with Gasteiger partial charge in [0.25, 0.3) is 0 Å². The van der Waals surface area contributed by atoms with Gasteiger partial charge < -0.3 is 14.6 Å². The molecule has 0 radical (unpaired) electrons. The fourth-order valence-electron chi connectivity index (χ4n) is 3.58. The second kappa shape index (κ2) is 8.88. The van der Waals surface area contributed by atoms with Crippen LogP contribution in [0.1, 0.15) is 32.7 Å². The third-order valence-corrected chi connectivity index (χ3v) is 5.07. The summed E-state index contributed by atoms with van der Waals surface area (Å²) in [6, 6.07) is 23.2. The number of pyridine rings is 1. The maximum absolute atomic E-state index is 11.3. The van der Waals surface area contributed by atoms with Gasteiger partial charge in [0.2, 0.25) is 0 Å². The minimum Gasteiger partial charge on any atom is -0.489 e. The number of carbonyl (C=O) groups is 1. The van der Waals surface area contributed by atoms with Crippen molar-refractivity contribution in [3.63, 3.8) is 0 Å². The van der Waals surface area contributed by atoms with E-state index in [-0.39, 0.29) is 0 Å². The van der Waals surface area contributed by atoms with E-state index in [0.29, 0.717) is 35.7 Å². The first-order chi connectivity index (χ1) is 15.0. The molecule has 1 heterocycles. The first kappa shape index (κ1) is 20.4. The summed E-state index contributed by atoms with van der Waals surface area (Å²) in [6.07, 6.45) is 0. The summed E-state index contributed by atoms with van der Waals surface area (Å²) in [5.41, 5.74) is 4.46. The Morgan fingerprint density at radius 1 is 0.839 bits per heavy atom. The molecule has 156 valence electrons. The maximum Gasteiger partial charge on any atom is 0.336 e. The van der Waals surface area contributed by atoms with Crippen LogP contribution in [0.2, 0.25) is 0 Å². The summed E-state index contributed by atoms with van der Waals surface area (Å²) in [7, 11) is 0. The zero-order valence-corrected chi connectivity index (χ0v) is 17.5. The molecule has 0 saturated carbocycles. The van der Waals surface area contributed by atoms with Gasteiger partial charge >= 0.3 is 5.97 Å². The molecular weight excluding hydrogens is 390 g/mol. The minimum absolute atomic E-state index is 0.324. The molecule has 0 saturated heterocycles. The number of carboxylic acids is 1. The van der Waals surface area contributed by atoms with Crippen LogP contribution < -0.4 is 9.47 Å². The van der Waals surface area contributed by atoms with Crippen molar-refractivity contribution in [2.45, 2.75) is 27.1 Å². The van der Waals surface area contributed by atoms with Crippen molar-refractivity contribution in [3.8, 4) is 11.5 Å². The standard InChI is InChI=1S/C26H23NO4/c1-17-12-23(13-18(2)25(17)26(28)29)30-15-19-6-5-8-22(14-19)31-16-21-11-10-20-7-3-4-9-24(20)27-21/h3-14H,15-16H2,1-2H3,(H,28,29). The summed E-state index contributed by atoms with van der Waals surface area (Å²) < 4.78 is 11.8. The molecule has 0 atom stereocenters. The Kier molecular flexibility index (Phi) is 5.85. The van der Waals surface area contributed by atoms with Crippen molar-refractivity contribution in [2.24, 2.45) is 0 Å². The minimum atomic E-state index is -0.924. The lowest BCUT2D eigenvalue weighted by atomic mass is 10.0. The topological polar surface area (TPSA) is 68.7 Å². The average molecular weight is 413 g/mol. The molecular formula is C26H23NO4. The lowest BCUT2D eigenvalue weighted by Gasteiger charge is -2.12. The van der Waals surface area contributed by atoms with E-state index in [1.54, 1.807) is 26.0 Å². The van der Waals surface area contributed by atoms with Crippen molar-refractivity contribution >= 4 is 16.9 Å². The molecule has 0 amide bonds. The second-order valence-electron chi connectivity index (χ2n) is 7.46. The first-order valence-corrected chi connectivity index (χ1v) is 10.0. The highest BCUT2D eigenvalue weighted by atomic mass is 16.5. The van der Waals surface area contributed by atoms with Crippen LogP contribution in [0.25, 0.3) is 10.9 Å². The van der Waals surface area contributed by atoms with Crippen molar-refractivity contribution in [1.29, 1.82) is 0 Å². The number of rotatable bonds is 7. The Balaban J connectivity index is 1.40. The smallest absolute Gasteiger partial charge is 0.336 e. The van der Waals surface area contributed by atoms with Crippen LogP contribution in [0.4, 0.5) is 0 Å². The Morgan fingerprint density at radius 3 is 2.35 bits per heavy atom. The molecule has 0 aliphatic carbocycles. The molecule has 0 spiro atoms. The predicted octanol–water partition coefficient (Wildman–Crippen LogP) is 5.71. The molecule has 5 heteroatoms. The number of benzene rings is 3. The van der Waals surface area contributed by atoms with Crippen LogP contribution in [0.15, 0.2) is 72.8 Å². The van der Waals surface area contributed by atoms with E-state index in [1.165, 1.54) is 0 Å². The highest BCUT2D eigenvalue weighted by Crippen LogP contribution is 2.24. The molecule has 1 N–H and O–H groups in total. The Morgan fingerprint density at radius 2 is 1.58 bits per heavy atom. The zero-order chi connectivity index (χ0) is 21.8. The fourth-order valence-corrected chi connectivity index (χ4v) is 3.58. The quantitative estimate of drug-likeness (QED) is 0.420. The molecule has 0 aliphatic rings. The molecule has 31 heavy (non-hydrogen) atoms. The van der Waals surface area contributed by atoms with Gasteiger partial charge in [-0.25, -0.2) is 9.78 Å². The first-order valence-electron chi connectivity index (χ1n) is 10.0. The summed E-state index contributed by atoms with van der Waals surface area (Å²) >= 11 is 0. The van der Waals surface area contributed by atoms with Crippen LogP contribution in [0.3, 0.4) is 0 Å². The molecule has 4 rings (SSSR count). The van der Waals surface area contributed by atoms with Crippen molar-refractivity contribution < 1.29 is 19.4 Å². The number of ether oxygens (including phenoxy) is 2. The van der Waals surface area contributed by atoms with E-state index in [2.05, 4.69) is 4.98 Å². The monoisotopic (exact) mass is 413 g/mol. The van der Waals surface area contributed by atoms with E-state index in [9.17, 15) is 9.90 Å². The molecule has 0 bridgehead atoms. The summed E-state index contributed by atoms with van der Waals surface area (Å²) in [5, 5.41) is 10.4. The van der Waals surface area contributed by atoms with Crippen LogP contribution in [-0.2, 0) is 13.2 Å². The molecule has 3 aromatic carbocycles. The Hall–Kier alpha value is -3.86. The fraction of sp³-hybridized carbons (Fsp3) is 0.154. The molecule has 4 aromatic rings. The number of hydrogen-bond donors (Lipinski definition) is 1. The number of aryl methyl sites for hydroxylation is 2. The number of para-hydroxylation sites is 1. The van der Waals surface area contributed by atoms with Gasteiger partial charge in [-0.15, -0.1) is 0 Å². The number of aromatic nitrogens is 1. The van der Waals surface area contributed by atoms with Gasteiger partial charge in [-0.1, -0.05) is 36.4 Å². The summed E-state index contributed by atoms with van der Waals surface area (Å²) in [5.74, 6) is 0.462. The molecule has 0 aliphatic heterocycles. The highest BCUT2D eigenvalue weighted by Gasteiger charge is 2.12. The SMILES string of the molecule is Cc1cc(OCc2cccc(OCc3ccc4ccccc4n3)c2)cc(C)c1C(=O)O. The van der Waals surface area contributed by atoms with Gasteiger partial charge in [0.15, 0.2) is 0 Å².